The molecule has 0 aromatic carbocycles. The fourth-order valence-corrected chi connectivity index (χ4v) is 3.28. The highest BCUT2D eigenvalue weighted by Crippen LogP contribution is 2.23. The van der Waals surface area contributed by atoms with Gasteiger partial charge >= 0.3 is 0 Å². The molecule has 2 fully saturated rings. The molecule has 2 aliphatic rings. The smallest absolute Gasteiger partial charge is 0.128 e. The maximum atomic E-state index is 10.7. The monoisotopic (exact) mass is 290 g/mol. The molecule has 3 heterocycles. The number of anilines is 1. The largest absolute Gasteiger partial charge is 0.388 e. The summed E-state index contributed by atoms with van der Waals surface area (Å²) in [7, 11) is 2.13. The molecule has 5 nitrogen and oxygen atoms in total. The highest BCUT2D eigenvalue weighted by atomic mass is 16.3. The fraction of sp³-hybridized carbons (Fsp3) is 0.688. The zero-order chi connectivity index (χ0) is 14.7. The van der Waals surface area contributed by atoms with Crippen LogP contribution in [0.5, 0.6) is 0 Å². The quantitative estimate of drug-likeness (QED) is 0.886. The SMILES string of the molecule is CN1CCC(O)(CN2CCN(c3ccccn3)CC2)CC1. The molecule has 2 aliphatic heterocycles. The molecular formula is C16H26N4O. The van der Waals surface area contributed by atoms with Crippen LogP contribution in [0.3, 0.4) is 0 Å². The van der Waals surface area contributed by atoms with Gasteiger partial charge in [0.15, 0.2) is 0 Å². The highest BCUT2D eigenvalue weighted by Gasteiger charge is 2.33. The fourth-order valence-electron chi connectivity index (χ4n) is 3.28. The minimum absolute atomic E-state index is 0.486. The van der Waals surface area contributed by atoms with E-state index in [2.05, 4.69) is 32.8 Å². The van der Waals surface area contributed by atoms with Crippen LogP contribution in [-0.2, 0) is 0 Å². The van der Waals surface area contributed by atoms with Crippen molar-refractivity contribution < 1.29 is 5.11 Å². The molecule has 5 heteroatoms. The van der Waals surface area contributed by atoms with Gasteiger partial charge in [-0.2, -0.15) is 0 Å². The first-order valence-corrected chi connectivity index (χ1v) is 7.94. The summed E-state index contributed by atoms with van der Waals surface area (Å²) in [5, 5.41) is 10.7. The molecule has 0 radical (unpaired) electrons. The van der Waals surface area contributed by atoms with Crippen molar-refractivity contribution in [2.45, 2.75) is 18.4 Å². The molecule has 1 N–H and O–H groups in total. The van der Waals surface area contributed by atoms with Gasteiger partial charge < -0.3 is 14.9 Å². The van der Waals surface area contributed by atoms with Crippen LogP contribution in [0.2, 0.25) is 0 Å². The van der Waals surface area contributed by atoms with Gasteiger partial charge in [-0.05, 0) is 32.0 Å². The zero-order valence-electron chi connectivity index (χ0n) is 12.9. The molecule has 21 heavy (non-hydrogen) atoms. The number of pyridine rings is 1. The van der Waals surface area contributed by atoms with Gasteiger partial charge in [-0.1, -0.05) is 6.07 Å². The Bertz CT molecular complexity index is 437. The Kier molecular flexibility index (Phi) is 4.42. The minimum atomic E-state index is -0.486. The number of hydrogen-bond acceptors (Lipinski definition) is 5. The second-order valence-electron chi connectivity index (χ2n) is 6.48. The van der Waals surface area contributed by atoms with Crippen LogP contribution in [0.4, 0.5) is 5.82 Å². The number of aliphatic hydroxyl groups is 1. The van der Waals surface area contributed by atoms with Crippen molar-refractivity contribution in [2.24, 2.45) is 0 Å². The van der Waals surface area contributed by atoms with E-state index in [1.54, 1.807) is 0 Å². The molecule has 0 aliphatic carbocycles. The number of nitrogens with zero attached hydrogens (tertiary/aromatic N) is 4. The number of piperazine rings is 1. The number of aromatic nitrogens is 1. The van der Waals surface area contributed by atoms with Crippen molar-refractivity contribution in [1.82, 2.24) is 14.8 Å². The van der Waals surface area contributed by atoms with E-state index in [9.17, 15) is 5.11 Å². The number of rotatable bonds is 3. The third-order valence-corrected chi connectivity index (χ3v) is 4.78. The molecule has 2 saturated heterocycles. The average molecular weight is 290 g/mol. The average Bonchev–Trinajstić information content (AvgIpc) is 2.52. The first-order chi connectivity index (χ1) is 10.1. The van der Waals surface area contributed by atoms with Crippen LogP contribution in [-0.4, -0.2) is 78.4 Å². The number of piperidine rings is 1. The molecule has 0 bridgehead atoms. The molecular weight excluding hydrogens is 264 g/mol. The molecule has 0 spiro atoms. The molecule has 1 aromatic rings. The second kappa shape index (κ2) is 6.30. The van der Waals surface area contributed by atoms with Crippen LogP contribution in [0.1, 0.15) is 12.8 Å². The first kappa shape index (κ1) is 14.8. The van der Waals surface area contributed by atoms with Crippen LogP contribution in [0.15, 0.2) is 24.4 Å². The van der Waals surface area contributed by atoms with Gasteiger partial charge in [0.1, 0.15) is 5.82 Å². The van der Waals surface area contributed by atoms with Gasteiger partial charge in [0, 0.05) is 52.0 Å². The van der Waals surface area contributed by atoms with E-state index in [0.29, 0.717) is 0 Å². The number of likely N-dealkylation sites (tertiary alicyclic amines) is 1. The zero-order valence-corrected chi connectivity index (χ0v) is 12.9. The summed E-state index contributed by atoms with van der Waals surface area (Å²) in [6.45, 7) is 6.83. The summed E-state index contributed by atoms with van der Waals surface area (Å²) >= 11 is 0. The van der Waals surface area contributed by atoms with E-state index in [1.807, 2.05) is 18.3 Å². The number of hydrogen-bond donors (Lipinski definition) is 1. The van der Waals surface area contributed by atoms with Crippen molar-refractivity contribution in [3.05, 3.63) is 24.4 Å². The lowest BCUT2D eigenvalue weighted by Gasteiger charge is -2.42. The molecule has 116 valence electrons. The Morgan fingerprint density at radius 1 is 1.10 bits per heavy atom. The third-order valence-electron chi connectivity index (χ3n) is 4.78. The van der Waals surface area contributed by atoms with Crippen LogP contribution in [0, 0.1) is 0 Å². The predicted molar refractivity (Wildman–Crippen MR) is 84.6 cm³/mol. The van der Waals surface area contributed by atoms with Gasteiger partial charge in [-0.15, -0.1) is 0 Å². The van der Waals surface area contributed by atoms with Crippen molar-refractivity contribution in [2.75, 3.05) is 57.8 Å². The van der Waals surface area contributed by atoms with E-state index in [4.69, 9.17) is 0 Å². The standard InChI is InChI=1S/C16H26N4O/c1-18-8-5-16(21,6-9-18)14-19-10-12-20(13-11-19)15-4-2-3-7-17-15/h2-4,7,21H,5-6,8-14H2,1H3. The summed E-state index contributed by atoms with van der Waals surface area (Å²) < 4.78 is 0. The Balaban J connectivity index is 1.50. The number of β-amino-alcohol motifs (C(OH)–C–C–N with tert-alkyl or cyclic N) is 1. The molecule has 0 atom stereocenters. The van der Waals surface area contributed by atoms with Gasteiger partial charge in [0.05, 0.1) is 5.60 Å². The van der Waals surface area contributed by atoms with Crippen LogP contribution in [0.25, 0.3) is 0 Å². The van der Waals surface area contributed by atoms with E-state index < -0.39 is 5.60 Å². The minimum Gasteiger partial charge on any atom is -0.388 e. The Morgan fingerprint density at radius 3 is 2.43 bits per heavy atom. The lowest BCUT2D eigenvalue weighted by Crippen LogP contribution is -2.55. The summed E-state index contributed by atoms with van der Waals surface area (Å²) in [5.74, 6) is 1.06. The maximum Gasteiger partial charge on any atom is 0.128 e. The molecule has 0 amide bonds. The van der Waals surface area contributed by atoms with Crippen LogP contribution < -0.4 is 4.90 Å². The lowest BCUT2D eigenvalue weighted by molar-refractivity contribution is -0.0419. The second-order valence-corrected chi connectivity index (χ2v) is 6.48. The van der Waals surface area contributed by atoms with Gasteiger partial charge in [0.25, 0.3) is 0 Å². The molecule has 1 aromatic heterocycles. The van der Waals surface area contributed by atoms with E-state index >= 15 is 0 Å². The van der Waals surface area contributed by atoms with Crippen LogP contribution >= 0.6 is 0 Å². The van der Waals surface area contributed by atoms with Crippen molar-refractivity contribution >= 4 is 5.82 Å². The Hall–Kier alpha value is -1.17. The van der Waals surface area contributed by atoms with Gasteiger partial charge in [-0.3, -0.25) is 4.90 Å². The Labute approximate surface area is 127 Å². The summed E-state index contributed by atoms with van der Waals surface area (Å²) in [5.41, 5.74) is -0.486. The van der Waals surface area contributed by atoms with Crippen molar-refractivity contribution in [1.29, 1.82) is 0 Å². The third kappa shape index (κ3) is 3.73. The van der Waals surface area contributed by atoms with Crippen molar-refractivity contribution in [3.8, 4) is 0 Å². The molecule has 0 unspecified atom stereocenters. The lowest BCUT2D eigenvalue weighted by atomic mass is 9.91. The maximum absolute atomic E-state index is 10.7. The summed E-state index contributed by atoms with van der Waals surface area (Å²) in [4.78, 5) is 11.5. The van der Waals surface area contributed by atoms with E-state index in [1.165, 1.54) is 0 Å². The summed E-state index contributed by atoms with van der Waals surface area (Å²) in [6.07, 6.45) is 3.64. The normalized spacial score (nSPS) is 24.2. The predicted octanol–water partition coefficient (Wildman–Crippen LogP) is 0.660. The molecule has 3 rings (SSSR count). The van der Waals surface area contributed by atoms with E-state index in [0.717, 1.165) is 64.5 Å². The van der Waals surface area contributed by atoms with Gasteiger partial charge in [-0.25, -0.2) is 4.98 Å². The van der Waals surface area contributed by atoms with Gasteiger partial charge in [0.2, 0.25) is 0 Å². The van der Waals surface area contributed by atoms with E-state index in [-0.39, 0.29) is 0 Å². The Morgan fingerprint density at radius 2 is 1.81 bits per heavy atom. The summed E-state index contributed by atoms with van der Waals surface area (Å²) in [6, 6.07) is 6.06. The van der Waals surface area contributed by atoms with Crippen molar-refractivity contribution in [3.63, 3.8) is 0 Å². The first-order valence-electron chi connectivity index (χ1n) is 7.94. The topological polar surface area (TPSA) is 42.8 Å². The highest BCUT2D eigenvalue weighted by molar-refractivity contribution is 5.38. The molecule has 0 saturated carbocycles.